The van der Waals surface area contributed by atoms with Crippen LogP contribution in [-0.2, 0) is 9.59 Å². The Kier molecular flexibility index (Phi) is 7.04. The summed E-state index contributed by atoms with van der Waals surface area (Å²) in [4.78, 5) is 25.6. The van der Waals surface area contributed by atoms with Gasteiger partial charge in [0.1, 0.15) is 5.75 Å². The molecule has 0 atom stereocenters. The van der Waals surface area contributed by atoms with Gasteiger partial charge in [0.2, 0.25) is 5.91 Å². The third-order valence-electron chi connectivity index (χ3n) is 3.88. The molecule has 0 unspecified atom stereocenters. The lowest BCUT2D eigenvalue weighted by atomic mass is 10.1. The highest BCUT2D eigenvalue weighted by Crippen LogP contribution is 2.21. The Hall–Kier alpha value is -2.53. The van der Waals surface area contributed by atoms with E-state index in [9.17, 15) is 9.59 Å². The summed E-state index contributed by atoms with van der Waals surface area (Å²) in [7, 11) is 0. The minimum Gasteiger partial charge on any atom is -0.484 e. The van der Waals surface area contributed by atoms with Gasteiger partial charge in [-0.05, 0) is 55.3 Å². The molecular formula is C20H23ClN2O3. The number of hydrogen-bond acceptors (Lipinski definition) is 3. The number of hydrogen-bond donors (Lipinski definition) is 1. The Balaban J connectivity index is 1.85. The average Bonchev–Trinajstić information content (AvgIpc) is 2.60. The highest BCUT2D eigenvalue weighted by atomic mass is 35.5. The molecule has 26 heavy (non-hydrogen) atoms. The third kappa shape index (κ3) is 5.77. The maximum atomic E-state index is 12.0. The molecule has 2 amide bonds. The van der Waals surface area contributed by atoms with Crippen molar-refractivity contribution < 1.29 is 14.3 Å². The first-order valence-corrected chi connectivity index (χ1v) is 8.75. The summed E-state index contributed by atoms with van der Waals surface area (Å²) >= 11 is 5.80. The molecule has 0 aliphatic carbocycles. The van der Waals surface area contributed by atoms with Crippen molar-refractivity contribution in [3.8, 4) is 5.75 Å². The molecule has 0 heterocycles. The number of halogens is 1. The standard InChI is InChI=1S/C20H23ClN2O3/c1-14-4-5-15(2)19(12-14)23(16(3)24)11-10-22-20(25)13-26-18-8-6-17(21)7-9-18/h4-9,12H,10-11,13H2,1-3H3,(H,22,25). The Morgan fingerprint density at radius 1 is 1.12 bits per heavy atom. The monoisotopic (exact) mass is 374 g/mol. The van der Waals surface area contributed by atoms with Crippen LogP contribution in [0.25, 0.3) is 0 Å². The highest BCUT2D eigenvalue weighted by Gasteiger charge is 2.14. The molecule has 1 N–H and O–H groups in total. The van der Waals surface area contributed by atoms with Gasteiger partial charge in [-0.3, -0.25) is 9.59 Å². The number of aryl methyl sites for hydroxylation is 2. The molecular weight excluding hydrogens is 352 g/mol. The van der Waals surface area contributed by atoms with Gasteiger partial charge in [0, 0.05) is 30.7 Å². The van der Waals surface area contributed by atoms with E-state index >= 15 is 0 Å². The summed E-state index contributed by atoms with van der Waals surface area (Å²) in [6, 6.07) is 12.8. The van der Waals surface area contributed by atoms with Crippen LogP contribution in [0.2, 0.25) is 5.02 Å². The summed E-state index contributed by atoms with van der Waals surface area (Å²) in [5, 5.41) is 3.38. The molecule has 138 valence electrons. The van der Waals surface area contributed by atoms with Gasteiger partial charge in [-0.2, -0.15) is 0 Å². The minimum absolute atomic E-state index is 0.0645. The molecule has 2 rings (SSSR count). The van der Waals surface area contributed by atoms with Gasteiger partial charge < -0.3 is 15.0 Å². The van der Waals surface area contributed by atoms with Gasteiger partial charge in [-0.15, -0.1) is 0 Å². The maximum Gasteiger partial charge on any atom is 0.258 e. The van der Waals surface area contributed by atoms with Gasteiger partial charge in [-0.25, -0.2) is 0 Å². The molecule has 0 bridgehead atoms. The third-order valence-corrected chi connectivity index (χ3v) is 4.13. The van der Waals surface area contributed by atoms with Gasteiger partial charge >= 0.3 is 0 Å². The molecule has 2 aromatic rings. The van der Waals surface area contributed by atoms with Crippen LogP contribution in [0, 0.1) is 13.8 Å². The zero-order valence-corrected chi connectivity index (χ0v) is 16.0. The lowest BCUT2D eigenvalue weighted by Gasteiger charge is -2.23. The molecule has 0 fully saturated rings. The normalized spacial score (nSPS) is 10.3. The number of rotatable bonds is 7. The zero-order valence-electron chi connectivity index (χ0n) is 15.2. The fraction of sp³-hybridized carbons (Fsp3) is 0.300. The van der Waals surface area contributed by atoms with Crippen molar-refractivity contribution >= 4 is 29.1 Å². The Bertz CT molecular complexity index is 775. The zero-order chi connectivity index (χ0) is 19.1. The Morgan fingerprint density at radius 2 is 1.81 bits per heavy atom. The first-order valence-electron chi connectivity index (χ1n) is 8.37. The first kappa shape index (κ1) is 19.8. The molecule has 0 aliphatic rings. The van der Waals surface area contributed by atoms with E-state index in [0.717, 1.165) is 16.8 Å². The van der Waals surface area contributed by atoms with E-state index in [4.69, 9.17) is 16.3 Å². The lowest BCUT2D eigenvalue weighted by molar-refractivity contribution is -0.123. The summed E-state index contributed by atoms with van der Waals surface area (Å²) in [5.41, 5.74) is 2.96. The topological polar surface area (TPSA) is 58.6 Å². The van der Waals surface area contributed by atoms with E-state index in [1.54, 1.807) is 29.2 Å². The van der Waals surface area contributed by atoms with Crippen LogP contribution in [0.15, 0.2) is 42.5 Å². The largest absolute Gasteiger partial charge is 0.484 e. The molecule has 0 saturated heterocycles. The molecule has 0 aliphatic heterocycles. The van der Waals surface area contributed by atoms with Crippen molar-refractivity contribution in [3.05, 3.63) is 58.6 Å². The number of carbonyl (C=O) groups is 2. The van der Waals surface area contributed by atoms with Crippen LogP contribution in [-0.4, -0.2) is 31.5 Å². The van der Waals surface area contributed by atoms with E-state index in [2.05, 4.69) is 5.32 Å². The van der Waals surface area contributed by atoms with Crippen LogP contribution in [0.1, 0.15) is 18.1 Å². The molecule has 6 heteroatoms. The van der Waals surface area contributed by atoms with Crippen LogP contribution in [0.3, 0.4) is 0 Å². The number of carbonyl (C=O) groups excluding carboxylic acids is 2. The number of nitrogens with zero attached hydrogens (tertiary/aromatic N) is 1. The van der Waals surface area contributed by atoms with Gasteiger partial charge in [0.25, 0.3) is 5.91 Å². The number of nitrogens with one attached hydrogen (secondary N) is 1. The molecule has 0 spiro atoms. The fourth-order valence-electron chi connectivity index (χ4n) is 2.50. The minimum atomic E-state index is -0.246. The van der Waals surface area contributed by atoms with Crippen molar-refractivity contribution in [3.63, 3.8) is 0 Å². The first-order chi connectivity index (χ1) is 12.4. The van der Waals surface area contributed by atoms with E-state index in [1.807, 2.05) is 32.0 Å². The van der Waals surface area contributed by atoms with Gasteiger partial charge in [0.05, 0.1) is 0 Å². The van der Waals surface area contributed by atoms with E-state index in [1.165, 1.54) is 6.92 Å². The molecule has 0 aromatic heterocycles. The van der Waals surface area contributed by atoms with Crippen molar-refractivity contribution in [2.75, 3.05) is 24.6 Å². The van der Waals surface area contributed by atoms with Gasteiger partial charge in [0.15, 0.2) is 6.61 Å². The van der Waals surface area contributed by atoms with Crippen LogP contribution >= 0.6 is 11.6 Å². The maximum absolute atomic E-state index is 12.0. The molecule has 2 aromatic carbocycles. The second-order valence-corrected chi connectivity index (χ2v) is 6.49. The van der Waals surface area contributed by atoms with Crippen molar-refractivity contribution in [1.29, 1.82) is 0 Å². The lowest BCUT2D eigenvalue weighted by Crippen LogP contribution is -2.39. The summed E-state index contributed by atoms with van der Waals surface area (Å²) < 4.78 is 5.40. The average molecular weight is 375 g/mol. The smallest absolute Gasteiger partial charge is 0.258 e. The second kappa shape index (κ2) is 9.25. The summed E-state index contributed by atoms with van der Waals surface area (Å²) in [6.45, 7) is 6.11. The number of amides is 2. The number of ether oxygens (including phenoxy) is 1. The van der Waals surface area contributed by atoms with E-state index in [-0.39, 0.29) is 18.4 Å². The van der Waals surface area contributed by atoms with Gasteiger partial charge in [-0.1, -0.05) is 23.7 Å². The predicted molar refractivity (Wildman–Crippen MR) is 104 cm³/mol. The van der Waals surface area contributed by atoms with E-state index in [0.29, 0.717) is 23.9 Å². The van der Waals surface area contributed by atoms with Crippen LogP contribution < -0.4 is 15.0 Å². The quantitative estimate of drug-likeness (QED) is 0.806. The van der Waals surface area contributed by atoms with Crippen molar-refractivity contribution in [1.82, 2.24) is 5.32 Å². The molecule has 5 nitrogen and oxygen atoms in total. The van der Waals surface area contributed by atoms with Crippen LogP contribution in [0.5, 0.6) is 5.75 Å². The van der Waals surface area contributed by atoms with E-state index < -0.39 is 0 Å². The second-order valence-electron chi connectivity index (χ2n) is 6.05. The molecule has 0 saturated carbocycles. The van der Waals surface area contributed by atoms with Crippen LogP contribution in [0.4, 0.5) is 5.69 Å². The SMILES string of the molecule is CC(=O)N(CCNC(=O)COc1ccc(Cl)cc1)c1cc(C)ccc1C. The summed E-state index contributed by atoms with van der Waals surface area (Å²) in [5.74, 6) is 0.264. The Morgan fingerprint density at radius 3 is 2.46 bits per heavy atom. The summed E-state index contributed by atoms with van der Waals surface area (Å²) in [6.07, 6.45) is 0. The highest BCUT2D eigenvalue weighted by molar-refractivity contribution is 6.30. The predicted octanol–water partition coefficient (Wildman–Crippen LogP) is 3.50. The number of anilines is 1. The van der Waals surface area contributed by atoms with Crippen molar-refractivity contribution in [2.45, 2.75) is 20.8 Å². The Labute approximate surface area is 158 Å². The van der Waals surface area contributed by atoms with Crippen molar-refractivity contribution in [2.24, 2.45) is 0 Å². The fourth-order valence-corrected chi connectivity index (χ4v) is 2.62. The number of benzene rings is 2. The molecule has 0 radical (unpaired) electrons.